The highest BCUT2D eigenvalue weighted by molar-refractivity contribution is 5.15. The van der Waals surface area contributed by atoms with E-state index in [1.807, 2.05) is 0 Å². The summed E-state index contributed by atoms with van der Waals surface area (Å²) >= 11 is 0. The summed E-state index contributed by atoms with van der Waals surface area (Å²) in [6.45, 7) is 15.5. The Hall–Kier alpha value is -0.820. The Kier molecular flexibility index (Phi) is 10.5. The van der Waals surface area contributed by atoms with Crippen LogP contribution in [0.25, 0.3) is 0 Å². The monoisotopic (exact) mass is 359 g/mol. The van der Waals surface area contributed by atoms with Gasteiger partial charge >= 0.3 is 0 Å². The van der Waals surface area contributed by atoms with E-state index in [0.717, 1.165) is 6.54 Å². The highest BCUT2D eigenvalue weighted by Gasteiger charge is 2.36. The Bertz CT molecular complexity index is 436. The van der Waals surface area contributed by atoms with E-state index in [-0.39, 0.29) is 11.1 Å². The molecule has 0 aromatic heterocycles. The first-order valence-corrected chi connectivity index (χ1v) is 11.1. The molecule has 1 heteroatoms. The van der Waals surface area contributed by atoms with Gasteiger partial charge in [-0.3, -0.25) is 4.90 Å². The third-order valence-electron chi connectivity index (χ3n) is 5.93. The van der Waals surface area contributed by atoms with Crippen molar-refractivity contribution in [3.05, 3.63) is 35.9 Å². The SMILES string of the molecule is CCCCCCC(C)(C)N(Cc1ccccc1)C(C)(C)CCCCCC. The molecular formula is C25H45N. The molecule has 1 nitrogen and oxygen atoms in total. The molecule has 0 fully saturated rings. The predicted molar refractivity (Wildman–Crippen MR) is 118 cm³/mol. The molecule has 0 bridgehead atoms. The van der Waals surface area contributed by atoms with Gasteiger partial charge in [-0.2, -0.15) is 0 Å². The van der Waals surface area contributed by atoms with Crippen LogP contribution in [0, 0.1) is 0 Å². The van der Waals surface area contributed by atoms with Gasteiger partial charge in [0, 0.05) is 17.6 Å². The van der Waals surface area contributed by atoms with E-state index in [0.29, 0.717) is 0 Å². The van der Waals surface area contributed by atoms with Crippen LogP contribution < -0.4 is 0 Å². The fraction of sp³-hybridized carbons (Fsp3) is 0.760. The molecule has 0 aliphatic carbocycles. The van der Waals surface area contributed by atoms with Crippen LogP contribution in [0.1, 0.15) is 111 Å². The van der Waals surface area contributed by atoms with Crippen LogP contribution in [0.3, 0.4) is 0 Å². The lowest BCUT2D eigenvalue weighted by atomic mass is 9.85. The lowest BCUT2D eigenvalue weighted by Gasteiger charge is -2.49. The van der Waals surface area contributed by atoms with E-state index in [4.69, 9.17) is 0 Å². The normalized spacial score (nSPS) is 12.7. The molecule has 150 valence electrons. The quantitative estimate of drug-likeness (QED) is 0.304. The first-order chi connectivity index (χ1) is 12.3. The highest BCUT2D eigenvalue weighted by atomic mass is 15.2. The van der Waals surface area contributed by atoms with Crippen LogP contribution >= 0.6 is 0 Å². The van der Waals surface area contributed by atoms with E-state index >= 15 is 0 Å². The Labute approximate surface area is 164 Å². The predicted octanol–water partition coefficient (Wildman–Crippen LogP) is 7.99. The standard InChI is InChI=1S/C25H45N/c1-7-9-11-16-20-24(3,4)26(22-23-18-14-13-15-19-23)25(5,6)21-17-12-10-8-2/h13-15,18-19H,7-12,16-17,20-22H2,1-6H3. The van der Waals surface area contributed by atoms with Crippen molar-refractivity contribution in [2.75, 3.05) is 0 Å². The van der Waals surface area contributed by atoms with Crippen molar-refractivity contribution < 1.29 is 0 Å². The largest absolute Gasteiger partial charge is 0.289 e. The summed E-state index contributed by atoms with van der Waals surface area (Å²) in [6.07, 6.45) is 13.4. The van der Waals surface area contributed by atoms with Gasteiger partial charge in [-0.1, -0.05) is 95.5 Å². The topological polar surface area (TPSA) is 3.24 Å². The zero-order valence-electron chi connectivity index (χ0n) is 18.6. The molecule has 0 aliphatic rings. The summed E-state index contributed by atoms with van der Waals surface area (Å²) in [7, 11) is 0. The van der Waals surface area contributed by atoms with Crippen molar-refractivity contribution in [3.63, 3.8) is 0 Å². The van der Waals surface area contributed by atoms with Crippen LogP contribution in [-0.2, 0) is 6.54 Å². The van der Waals surface area contributed by atoms with Crippen molar-refractivity contribution in [1.82, 2.24) is 4.90 Å². The summed E-state index contributed by atoms with van der Waals surface area (Å²) in [5.74, 6) is 0. The smallest absolute Gasteiger partial charge is 0.0244 e. The van der Waals surface area contributed by atoms with Crippen molar-refractivity contribution in [1.29, 1.82) is 0 Å². The Morgan fingerprint density at radius 3 is 1.54 bits per heavy atom. The van der Waals surface area contributed by atoms with Gasteiger partial charge in [0.05, 0.1) is 0 Å². The molecule has 0 spiro atoms. The van der Waals surface area contributed by atoms with Gasteiger partial charge in [-0.15, -0.1) is 0 Å². The molecule has 0 heterocycles. The van der Waals surface area contributed by atoms with Crippen LogP contribution in [0.4, 0.5) is 0 Å². The molecule has 0 amide bonds. The lowest BCUT2D eigenvalue weighted by Crippen LogP contribution is -2.55. The van der Waals surface area contributed by atoms with Gasteiger partial charge in [0.25, 0.3) is 0 Å². The molecule has 0 aliphatic heterocycles. The van der Waals surface area contributed by atoms with Crippen LogP contribution in [0.2, 0.25) is 0 Å². The van der Waals surface area contributed by atoms with Crippen molar-refractivity contribution in [2.45, 2.75) is 123 Å². The molecule has 1 rings (SSSR count). The Balaban J connectivity index is 2.85. The zero-order valence-corrected chi connectivity index (χ0v) is 18.6. The maximum atomic E-state index is 2.80. The van der Waals surface area contributed by atoms with Crippen LogP contribution in [-0.4, -0.2) is 16.0 Å². The molecule has 1 aromatic rings. The second kappa shape index (κ2) is 11.8. The van der Waals surface area contributed by atoms with Gasteiger partial charge in [0.2, 0.25) is 0 Å². The van der Waals surface area contributed by atoms with Crippen LogP contribution in [0.5, 0.6) is 0 Å². The van der Waals surface area contributed by atoms with Crippen molar-refractivity contribution in [2.24, 2.45) is 0 Å². The summed E-state index contributed by atoms with van der Waals surface area (Å²) in [5.41, 5.74) is 1.91. The van der Waals surface area contributed by atoms with Crippen LogP contribution in [0.15, 0.2) is 30.3 Å². The molecule has 26 heavy (non-hydrogen) atoms. The Morgan fingerprint density at radius 1 is 0.654 bits per heavy atom. The number of hydrogen-bond donors (Lipinski definition) is 0. The highest BCUT2D eigenvalue weighted by Crippen LogP contribution is 2.34. The number of rotatable bonds is 14. The maximum absolute atomic E-state index is 2.80. The second-order valence-corrected chi connectivity index (χ2v) is 9.32. The summed E-state index contributed by atoms with van der Waals surface area (Å²) in [4.78, 5) is 2.80. The summed E-state index contributed by atoms with van der Waals surface area (Å²) < 4.78 is 0. The minimum Gasteiger partial charge on any atom is -0.289 e. The molecule has 0 unspecified atom stereocenters. The first kappa shape index (κ1) is 23.2. The van der Waals surface area contributed by atoms with E-state index in [1.165, 1.54) is 69.8 Å². The third-order valence-corrected chi connectivity index (χ3v) is 5.93. The van der Waals surface area contributed by atoms with E-state index < -0.39 is 0 Å². The fourth-order valence-electron chi connectivity index (χ4n) is 4.25. The Morgan fingerprint density at radius 2 is 1.12 bits per heavy atom. The van der Waals surface area contributed by atoms with Gasteiger partial charge in [-0.25, -0.2) is 0 Å². The van der Waals surface area contributed by atoms with E-state index in [1.54, 1.807) is 0 Å². The number of nitrogens with zero attached hydrogens (tertiary/aromatic N) is 1. The fourth-order valence-corrected chi connectivity index (χ4v) is 4.25. The second-order valence-electron chi connectivity index (χ2n) is 9.32. The van der Waals surface area contributed by atoms with Crippen molar-refractivity contribution in [3.8, 4) is 0 Å². The minimum atomic E-state index is 0.234. The number of benzene rings is 1. The molecule has 0 saturated heterocycles. The first-order valence-electron chi connectivity index (χ1n) is 11.1. The molecular weight excluding hydrogens is 314 g/mol. The van der Waals surface area contributed by atoms with Gasteiger partial charge in [-0.05, 0) is 46.1 Å². The molecule has 0 atom stereocenters. The maximum Gasteiger partial charge on any atom is 0.0244 e. The zero-order chi connectivity index (χ0) is 19.5. The average molecular weight is 360 g/mol. The van der Waals surface area contributed by atoms with E-state index in [2.05, 4.69) is 76.8 Å². The summed E-state index contributed by atoms with van der Waals surface area (Å²) in [6, 6.07) is 11.0. The summed E-state index contributed by atoms with van der Waals surface area (Å²) in [5, 5.41) is 0. The average Bonchev–Trinajstić information content (AvgIpc) is 2.61. The number of unbranched alkanes of at least 4 members (excludes halogenated alkanes) is 6. The number of hydrogen-bond acceptors (Lipinski definition) is 1. The van der Waals surface area contributed by atoms with E-state index in [9.17, 15) is 0 Å². The van der Waals surface area contributed by atoms with Crippen molar-refractivity contribution >= 4 is 0 Å². The molecule has 0 N–H and O–H groups in total. The molecule has 0 saturated carbocycles. The minimum absolute atomic E-state index is 0.234. The molecule has 1 aromatic carbocycles. The lowest BCUT2D eigenvalue weighted by molar-refractivity contribution is -0.00506. The van der Waals surface area contributed by atoms with Gasteiger partial charge in [0.15, 0.2) is 0 Å². The van der Waals surface area contributed by atoms with Gasteiger partial charge in [0.1, 0.15) is 0 Å². The third kappa shape index (κ3) is 8.25. The van der Waals surface area contributed by atoms with Gasteiger partial charge < -0.3 is 0 Å². The molecule has 0 radical (unpaired) electrons.